The fraction of sp³-hybridized carbons (Fsp3) is 0.462. The third-order valence-electron chi connectivity index (χ3n) is 3.22. The predicted octanol–water partition coefficient (Wildman–Crippen LogP) is 2.88. The Hall–Kier alpha value is -1.58. The molecule has 1 aliphatic rings. The zero-order valence-corrected chi connectivity index (χ0v) is 9.53. The number of halogens is 1. The zero-order valence-electron chi connectivity index (χ0n) is 9.53. The van der Waals surface area contributed by atoms with E-state index in [1.54, 1.807) is 12.1 Å². The van der Waals surface area contributed by atoms with Crippen LogP contribution in [0.1, 0.15) is 25.7 Å². The topological polar surface area (TPSA) is 49.3 Å². The number of nitrogens with one attached hydrogen (secondary N) is 1. The lowest BCUT2D eigenvalue weighted by Gasteiger charge is -2.28. The summed E-state index contributed by atoms with van der Waals surface area (Å²) in [7, 11) is 0. The lowest BCUT2D eigenvalue weighted by Crippen LogP contribution is -2.30. The lowest BCUT2D eigenvalue weighted by molar-refractivity contribution is -0.142. The molecule has 0 aliphatic heterocycles. The van der Waals surface area contributed by atoms with Crippen molar-refractivity contribution in [2.75, 3.05) is 5.32 Å². The van der Waals surface area contributed by atoms with Crippen LogP contribution < -0.4 is 5.32 Å². The van der Waals surface area contributed by atoms with E-state index in [4.69, 9.17) is 5.11 Å². The van der Waals surface area contributed by atoms with Crippen molar-refractivity contribution >= 4 is 11.7 Å². The summed E-state index contributed by atoms with van der Waals surface area (Å²) in [5, 5.41) is 12.2. The average molecular weight is 237 g/mol. The van der Waals surface area contributed by atoms with Gasteiger partial charge in [-0.3, -0.25) is 4.79 Å². The SMILES string of the molecule is O=C(O)C1CCCC(Nc2cccc(F)c2)C1. The summed E-state index contributed by atoms with van der Waals surface area (Å²) in [6, 6.07) is 6.41. The number of aliphatic carboxylic acids is 1. The highest BCUT2D eigenvalue weighted by atomic mass is 19.1. The van der Waals surface area contributed by atoms with Crippen molar-refractivity contribution in [2.24, 2.45) is 5.92 Å². The van der Waals surface area contributed by atoms with Gasteiger partial charge in [0.2, 0.25) is 0 Å². The van der Waals surface area contributed by atoms with Gasteiger partial charge in [0, 0.05) is 11.7 Å². The molecule has 2 N–H and O–H groups in total. The van der Waals surface area contributed by atoms with Crippen molar-refractivity contribution in [1.29, 1.82) is 0 Å². The van der Waals surface area contributed by atoms with E-state index in [1.807, 2.05) is 0 Å². The van der Waals surface area contributed by atoms with Gasteiger partial charge >= 0.3 is 5.97 Å². The molecule has 0 radical (unpaired) electrons. The van der Waals surface area contributed by atoms with Crippen molar-refractivity contribution in [2.45, 2.75) is 31.7 Å². The highest BCUT2D eigenvalue weighted by Crippen LogP contribution is 2.27. The molecule has 0 saturated heterocycles. The number of carbonyl (C=O) groups is 1. The Kier molecular flexibility index (Phi) is 3.61. The predicted molar refractivity (Wildman–Crippen MR) is 63.4 cm³/mol. The fourth-order valence-corrected chi connectivity index (χ4v) is 2.36. The van der Waals surface area contributed by atoms with E-state index in [2.05, 4.69) is 5.32 Å². The monoisotopic (exact) mass is 237 g/mol. The van der Waals surface area contributed by atoms with Crippen molar-refractivity contribution in [3.63, 3.8) is 0 Å². The molecule has 0 bridgehead atoms. The first-order valence-electron chi connectivity index (χ1n) is 5.90. The lowest BCUT2D eigenvalue weighted by atomic mass is 9.85. The molecule has 92 valence electrons. The van der Waals surface area contributed by atoms with Crippen LogP contribution >= 0.6 is 0 Å². The third kappa shape index (κ3) is 3.19. The Morgan fingerprint density at radius 2 is 2.24 bits per heavy atom. The largest absolute Gasteiger partial charge is 0.481 e. The maximum atomic E-state index is 13.0. The van der Waals surface area contributed by atoms with Crippen molar-refractivity contribution in [3.8, 4) is 0 Å². The first-order chi connectivity index (χ1) is 8.15. The Balaban J connectivity index is 1.97. The number of hydrogen-bond acceptors (Lipinski definition) is 2. The normalized spacial score (nSPS) is 24.3. The van der Waals surface area contributed by atoms with E-state index in [9.17, 15) is 9.18 Å². The minimum absolute atomic E-state index is 0.131. The molecule has 3 nitrogen and oxygen atoms in total. The molecule has 2 unspecified atom stereocenters. The summed E-state index contributed by atoms with van der Waals surface area (Å²) in [5.74, 6) is -1.27. The van der Waals surface area contributed by atoms with Crippen molar-refractivity contribution < 1.29 is 14.3 Å². The van der Waals surface area contributed by atoms with Crippen LogP contribution in [-0.2, 0) is 4.79 Å². The third-order valence-corrected chi connectivity index (χ3v) is 3.22. The Labute approximate surface area is 99.7 Å². The number of benzene rings is 1. The summed E-state index contributed by atoms with van der Waals surface area (Å²) in [5.41, 5.74) is 0.723. The Morgan fingerprint density at radius 3 is 2.94 bits per heavy atom. The minimum atomic E-state index is -0.726. The van der Waals surface area contributed by atoms with Crippen LogP contribution in [0.25, 0.3) is 0 Å². The molecule has 2 atom stereocenters. The molecule has 2 rings (SSSR count). The van der Waals surface area contributed by atoms with Crippen molar-refractivity contribution in [1.82, 2.24) is 0 Å². The van der Waals surface area contributed by atoms with Gasteiger partial charge in [-0.2, -0.15) is 0 Å². The van der Waals surface area contributed by atoms with Gasteiger partial charge < -0.3 is 10.4 Å². The number of carboxylic acids is 1. The molecule has 0 spiro atoms. The number of hydrogen-bond donors (Lipinski definition) is 2. The van der Waals surface area contributed by atoms with Crippen LogP contribution in [0.5, 0.6) is 0 Å². The van der Waals surface area contributed by atoms with Gasteiger partial charge in [0.1, 0.15) is 5.82 Å². The molecule has 1 aromatic carbocycles. The summed E-state index contributed by atoms with van der Waals surface area (Å²) in [6.45, 7) is 0. The van der Waals surface area contributed by atoms with Gasteiger partial charge in [-0.05, 0) is 37.5 Å². The molecule has 1 saturated carbocycles. The van der Waals surface area contributed by atoms with Crippen LogP contribution in [0.15, 0.2) is 24.3 Å². The molecular weight excluding hydrogens is 221 g/mol. The van der Waals surface area contributed by atoms with Crippen LogP contribution in [0.3, 0.4) is 0 Å². The second-order valence-electron chi connectivity index (χ2n) is 4.55. The zero-order chi connectivity index (χ0) is 12.3. The van der Waals surface area contributed by atoms with Gasteiger partial charge in [0.05, 0.1) is 5.92 Å². The van der Waals surface area contributed by atoms with E-state index in [0.717, 1.165) is 24.9 Å². The first kappa shape index (κ1) is 11.9. The summed E-state index contributed by atoms with van der Waals surface area (Å²) in [6.07, 6.45) is 3.22. The van der Waals surface area contributed by atoms with Gasteiger partial charge in [0.15, 0.2) is 0 Å². The summed E-state index contributed by atoms with van der Waals surface area (Å²) < 4.78 is 13.0. The fourth-order valence-electron chi connectivity index (χ4n) is 2.36. The van der Waals surface area contributed by atoms with E-state index in [1.165, 1.54) is 12.1 Å². The van der Waals surface area contributed by atoms with Gasteiger partial charge in [-0.15, -0.1) is 0 Å². The average Bonchev–Trinajstić information content (AvgIpc) is 2.29. The molecule has 1 aromatic rings. The van der Waals surface area contributed by atoms with Crippen LogP contribution in [0, 0.1) is 11.7 Å². The molecule has 4 heteroatoms. The van der Waals surface area contributed by atoms with Crippen LogP contribution in [0.4, 0.5) is 10.1 Å². The van der Waals surface area contributed by atoms with Crippen molar-refractivity contribution in [3.05, 3.63) is 30.1 Å². The Morgan fingerprint density at radius 1 is 1.41 bits per heavy atom. The van der Waals surface area contributed by atoms with E-state index in [0.29, 0.717) is 6.42 Å². The molecular formula is C13H16FNO2. The summed E-state index contributed by atoms with van der Waals surface area (Å²) >= 11 is 0. The molecule has 1 fully saturated rings. The van der Waals surface area contributed by atoms with Gasteiger partial charge in [-0.1, -0.05) is 12.5 Å². The highest BCUT2D eigenvalue weighted by molar-refractivity contribution is 5.70. The Bertz CT molecular complexity index is 408. The molecule has 1 aliphatic carbocycles. The quantitative estimate of drug-likeness (QED) is 0.849. The molecule has 0 amide bonds. The highest BCUT2D eigenvalue weighted by Gasteiger charge is 2.26. The maximum Gasteiger partial charge on any atom is 0.306 e. The number of carboxylic acid groups (broad SMARTS) is 1. The molecule has 0 heterocycles. The maximum absolute atomic E-state index is 13.0. The van der Waals surface area contributed by atoms with Crippen LogP contribution in [0.2, 0.25) is 0 Å². The smallest absolute Gasteiger partial charge is 0.306 e. The first-order valence-corrected chi connectivity index (χ1v) is 5.90. The number of rotatable bonds is 3. The van der Waals surface area contributed by atoms with Gasteiger partial charge in [-0.25, -0.2) is 4.39 Å². The summed E-state index contributed by atoms with van der Waals surface area (Å²) in [4.78, 5) is 10.9. The van der Waals surface area contributed by atoms with E-state index < -0.39 is 5.97 Å². The standard InChI is InChI=1S/C13H16FNO2/c14-10-4-2-6-12(8-10)15-11-5-1-3-9(7-11)13(16)17/h2,4,6,8-9,11,15H,1,3,5,7H2,(H,16,17). The second kappa shape index (κ2) is 5.17. The van der Waals surface area contributed by atoms with Crippen LogP contribution in [-0.4, -0.2) is 17.1 Å². The van der Waals surface area contributed by atoms with E-state index >= 15 is 0 Å². The molecule has 17 heavy (non-hydrogen) atoms. The second-order valence-corrected chi connectivity index (χ2v) is 4.55. The van der Waals surface area contributed by atoms with Gasteiger partial charge in [0.25, 0.3) is 0 Å². The van der Waals surface area contributed by atoms with E-state index in [-0.39, 0.29) is 17.8 Å². The number of anilines is 1. The molecule has 0 aromatic heterocycles. The minimum Gasteiger partial charge on any atom is -0.481 e.